The number of fused-ring (bicyclic) bond motifs is 1. The third-order valence-electron chi connectivity index (χ3n) is 4.61. The summed E-state index contributed by atoms with van der Waals surface area (Å²) in [4.78, 5) is 31.0. The van der Waals surface area contributed by atoms with Crippen LogP contribution >= 0.6 is 11.3 Å². The lowest BCUT2D eigenvalue weighted by Crippen LogP contribution is -2.43. The second kappa shape index (κ2) is 8.42. The van der Waals surface area contributed by atoms with Crippen LogP contribution in [-0.4, -0.2) is 44.2 Å². The minimum Gasteiger partial charge on any atom is -0.497 e. The van der Waals surface area contributed by atoms with Crippen LogP contribution in [0.15, 0.2) is 47.3 Å². The van der Waals surface area contributed by atoms with E-state index in [9.17, 15) is 9.59 Å². The lowest BCUT2D eigenvalue weighted by Gasteiger charge is -2.29. The van der Waals surface area contributed by atoms with Crippen LogP contribution in [-0.2, 0) is 9.59 Å². The predicted molar refractivity (Wildman–Crippen MR) is 114 cm³/mol. The summed E-state index contributed by atoms with van der Waals surface area (Å²) in [6, 6.07) is 10.6. The van der Waals surface area contributed by atoms with E-state index in [1.165, 1.54) is 30.5 Å². The molecule has 0 unspecified atom stereocenters. The standard InChI is InChI=1S/C21H19N3O5S/c1-27-14-4-6-18(28-2)15(8-14)23-20(25)9-24-17-7-13(16-11-30-12-22-16)3-5-19(17)29-10-21(24)26/h3-8,11-12H,9-10H2,1-2H3,(H,23,25). The Bertz CT molecular complexity index is 1080. The van der Waals surface area contributed by atoms with Crippen molar-refractivity contribution in [2.45, 2.75) is 0 Å². The number of aromatic nitrogens is 1. The minimum atomic E-state index is -0.373. The van der Waals surface area contributed by atoms with Crippen molar-refractivity contribution in [3.05, 3.63) is 47.3 Å². The van der Waals surface area contributed by atoms with E-state index in [1.807, 2.05) is 11.4 Å². The molecule has 1 N–H and O–H groups in total. The smallest absolute Gasteiger partial charge is 0.265 e. The van der Waals surface area contributed by atoms with Gasteiger partial charge in [0.2, 0.25) is 5.91 Å². The highest BCUT2D eigenvalue weighted by atomic mass is 32.1. The number of ether oxygens (including phenoxy) is 3. The van der Waals surface area contributed by atoms with Gasteiger partial charge in [-0.3, -0.25) is 14.5 Å². The number of methoxy groups -OCH3 is 2. The highest BCUT2D eigenvalue weighted by molar-refractivity contribution is 7.07. The summed E-state index contributed by atoms with van der Waals surface area (Å²) in [5.74, 6) is 0.934. The molecule has 0 saturated carbocycles. The zero-order valence-electron chi connectivity index (χ0n) is 16.4. The van der Waals surface area contributed by atoms with Gasteiger partial charge in [-0.2, -0.15) is 0 Å². The molecule has 0 radical (unpaired) electrons. The van der Waals surface area contributed by atoms with Crippen molar-refractivity contribution in [2.24, 2.45) is 0 Å². The number of rotatable bonds is 6. The summed E-state index contributed by atoms with van der Waals surface area (Å²) < 4.78 is 16.0. The predicted octanol–water partition coefficient (Wildman–Crippen LogP) is 3.19. The van der Waals surface area contributed by atoms with E-state index >= 15 is 0 Å². The topological polar surface area (TPSA) is 90.0 Å². The summed E-state index contributed by atoms with van der Waals surface area (Å²) in [5.41, 5.74) is 4.37. The molecule has 3 aromatic rings. The first kappa shape index (κ1) is 19.7. The average molecular weight is 425 g/mol. The fraction of sp³-hybridized carbons (Fsp3) is 0.190. The second-order valence-corrected chi connectivity index (χ2v) is 7.16. The fourth-order valence-electron chi connectivity index (χ4n) is 3.13. The third-order valence-corrected chi connectivity index (χ3v) is 5.20. The summed E-state index contributed by atoms with van der Waals surface area (Å²) in [6.45, 7) is -0.297. The Balaban J connectivity index is 1.58. The number of thiazole rings is 1. The number of nitrogens with zero attached hydrogens (tertiary/aromatic N) is 2. The molecule has 1 aliphatic rings. The van der Waals surface area contributed by atoms with Gasteiger partial charge in [-0.1, -0.05) is 0 Å². The van der Waals surface area contributed by atoms with Gasteiger partial charge in [0.15, 0.2) is 6.61 Å². The summed E-state index contributed by atoms with van der Waals surface area (Å²) in [7, 11) is 3.05. The molecule has 2 amide bonds. The van der Waals surface area contributed by atoms with Crippen LogP contribution in [0.4, 0.5) is 11.4 Å². The summed E-state index contributed by atoms with van der Waals surface area (Å²) >= 11 is 1.48. The van der Waals surface area contributed by atoms with Crippen LogP contribution in [0.5, 0.6) is 17.2 Å². The van der Waals surface area contributed by atoms with Gasteiger partial charge in [0, 0.05) is 17.0 Å². The molecule has 1 aliphatic heterocycles. The van der Waals surface area contributed by atoms with Crippen LogP contribution in [0, 0.1) is 0 Å². The van der Waals surface area contributed by atoms with Crippen molar-refractivity contribution in [3.8, 4) is 28.5 Å². The maximum atomic E-state index is 12.8. The Hall–Kier alpha value is -3.59. The summed E-state index contributed by atoms with van der Waals surface area (Å²) in [5, 5.41) is 4.70. The van der Waals surface area contributed by atoms with Crippen LogP contribution < -0.4 is 24.4 Å². The molecule has 30 heavy (non-hydrogen) atoms. The zero-order valence-corrected chi connectivity index (χ0v) is 17.2. The first-order valence-corrected chi connectivity index (χ1v) is 10.0. The van der Waals surface area contributed by atoms with E-state index < -0.39 is 0 Å². The van der Waals surface area contributed by atoms with Gasteiger partial charge >= 0.3 is 0 Å². The Labute approximate surface area is 177 Å². The van der Waals surface area contributed by atoms with Crippen molar-refractivity contribution in [2.75, 3.05) is 37.6 Å². The molecule has 9 heteroatoms. The third kappa shape index (κ3) is 3.92. The van der Waals surface area contributed by atoms with Gasteiger partial charge in [-0.25, -0.2) is 4.98 Å². The molecule has 0 saturated heterocycles. The largest absolute Gasteiger partial charge is 0.497 e. The highest BCUT2D eigenvalue weighted by Crippen LogP contribution is 2.36. The number of hydrogen-bond donors (Lipinski definition) is 1. The molecule has 2 aromatic carbocycles. The van der Waals surface area contributed by atoms with Crippen molar-refractivity contribution >= 4 is 34.5 Å². The Morgan fingerprint density at radius 2 is 2.10 bits per heavy atom. The normalized spacial score (nSPS) is 12.7. The molecule has 0 atom stereocenters. The van der Waals surface area contributed by atoms with Crippen molar-refractivity contribution in [1.82, 2.24) is 4.98 Å². The van der Waals surface area contributed by atoms with Gasteiger partial charge in [-0.05, 0) is 30.3 Å². The van der Waals surface area contributed by atoms with E-state index in [1.54, 1.807) is 35.8 Å². The Kier molecular flexibility index (Phi) is 5.53. The SMILES string of the molecule is COc1ccc(OC)c(NC(=O)CN2C(=O)COc3ccc(-c4cscn4)cc32)c1. The first-order valence-electron chi connectivity index (χ1n) is 9.06. The zero-order chi connectivity index (χ0) is 21.1. The molecule has 154 valence electrons. The van der Waals surface area contributed by atoms with Crippen LogP contribution in [0.1, 0.15) is 0 Å². The molecular formula is C21H19N3O5S. The minimum absolute atomic E-state index is 0.126. The number of nitrogens with one attached hydrogen (secondary N) is 1. The quantitative estimate of drug-likeness (QED) is 0.652. The maximum absolute atomic E-state index is 12.8. The van der Waals surface area contributed by atoms with E-state index in [-0.39, 0.29) is 25.0 Å². The molecule has 0 bridgehead atoms. The van der Waals surface area contributed by atoms with Crippen molar-refractivity contribution in [1.29, 1.82) is 0 Å². The average Bonchev–Trinajstić information content (AvgIpc) is 3.30. The first-order chi connectivity index (χ1) is 14.6. The molecular weight excluding hydrogens is 406 g/mol. The van der Waals surface area contributed by atoms with Crippen molar-refractivity contribution < 1.29 is 23.8 Å². The van der Waals surface area contributed by atoms with Gasteiger partial charge < -0.3 is 19.5 Å². The molecule has 1 aromatic heterocycles. The molecule has 0 aliphatic carbocycles. The fourth-order valence-corrected chi connectivity index (χ4v) is 3.70. The molecule has 0 spiro atoms. The molecule has 8 nitrogen and oxygen atoms in total. The molecule has 4 rings (SSSR count). The van der Waals surface area contributed by atoms with Crippen LogP contribution in [0.3, 0.4) is 0 Å². The number of carbonyl (C=O) groups excluding carboxylic acids is 2. The van der Waals surface area contributed by atoms with Crippen LogP contribution in [0.25, 0.3) is 11.3 Å². The van der Waals surface area contributed by atoms with E-state index in [0.29, 0.717) is 28.6 Å². The maximum Gasteiger partial charge on any atom is 0.265 e. The number of amides is 2. The number of carbonyl (C=O) groups is 2. The lowest BCUT2D eigenvalue weighted by molar-refractivity contribution is -0.123. The summed E-state index contributed by atoms with van der Waals surface area (Å²) in [6.07, 6.45) is 0. The van der Waals surface area contributed by atoms with E-state index in [4.69, 9.17) is 14.2 Å². The lowest BCUT2D eigenvalue weighted by atomic mass is 10.1. The van der Waals surface area contributed by atoms with E-state index in [2.05, 4.69) is 10.3 Å². The number of hydrogen-bond acceptors (Lipinski definition) is 7. The second-order valence-electron chi connectivity index (χ2n) is 6.44. The number of benzene rings is 2. The molecule has 0 fully saturated rings. The van der Waals surface area contributed by atoms with Gasteiger partial charge in [0.1, 0.15) is 23.8 Å². The monoisotopic (exact) mass is 425 g/mol. The Morgan fingerprint density at radius 3 is 2.83 bits per heavy atom. The van der Waals surface area contributed by atoms with Gasteiger partial charge in [0.05, 0.1) is 36.8 Å². The van der Waals surface area contributed by atoms with Crippen LogP contribution in [0.2, 0.25) is 0 Å². The number of anilines is 2. The van der Waals surface area contributed by atoms with E-state index in [0.717, 1.165) is 11.3 Å². The van der Waals surface area contributed by atoms with Crippen molar-refractivity contribution in [3.63, 3.8) is 0 Å². The Morgan fingerprint density at radius 1 is 1.23 bits per heavy atom. The molecule has 2 heterocycles. The van der Waals surface area contributed by atoms with Gasteiger partial charge in [0.25, 0.3) is 5.91 Å². The highest BCUT2D eigenvalue weighted by Gasteiger charge is 2.28. The van der Waals surface area contributed by atoms with Gasteiger partial charge in [-0.15, -0.1) is 11.3 Å².